The number of carboxylic acid groups (broad SMARTS) is 1. The molecule has 2 atom stereocenters. The van der Waals surface area contributed by atoms with E-state index in [1.807, 2.05) is 6.07 Å². The summed E-state index contributed by atoms with van der Waals surface area (Å²) in [6.45, 7) is 10.5. The van der Waals surface area contributed by atoms with Crippen LogP contribution < -0.4 is 16.0 Å². The molecule has 3 amide bonds. The van der Waals surface area contributed by atoms with Crippen LogP contribution in [0.15, 0.2) is 30.3 Å². The fourth-order valence-electron chi connectivity index (χ4n) is 2.85. The van der Waals surface area contributed by atoms with Gasteiger partial charge in [0.25, 0.3) is 0 Å². The first-order valence-electron chi connectivity index (χ1n) is 11.2. The fraction of sp³-hybridized carbons (Fsp3) is 0.583. The highest BCUT2D eigenvalue weighted by Gasteiger charge is 2.28. The van der Waals surface area contributed by atoms with Gasteiger partial charge in [0.1, 0.15) is 23.3 Å². The Bertz CT molecular complexity index is 829. The molecule has 190 valence electrons. The molecule has 0 aliphatic heterocycles. The Morgan fingerprint density at radius 2 is 1.41 bits per heavy atom. The van der Waals surface area contributed by atoms with Crippen molar-refractivity contribution in [2.45, 2.75) is 84.1 Å². The number of hydrogen-bond donors (Lipinski definition) is 4. The Kier molecular flexibility index (Phi) is 10.8. The first-order chi connectivity index (χ1) is 15.7. The van der Waals surface area contributed by atoms with Gasteiger partial charge < -0.3 is 30.5 Å². The molecule has 34 heavy (non-hydrogen) atoms. The Morgan fingerprint density at radius 1 is 0.853 bits per heavy atom. The normalized spacial score (nSPS) is 13.2. The molecule has 1 rings (SSSR count). The number of nitrogens with one attached hydrogen (secondary N) is 3. The van der Waals surface area contributed by atoms with Crippen molar-refractivity contribution >= 4 is 24.1 Å². The van der Waals surface area contributed by atoms with Crippen molar-refractivity contribution in [3.8, 4) is 0 Å². The van der Waals surface area contributed by atoms with Gasteiger partial charge in [-0.2, -0.15) is 0 Å². The number of carboxylic acids is 1. The number of ether oxygens (including phenoxy) is 2. The molecule has 0 aromatic heterocycles. The van der Waals surface area contributed by atoms with Crippen LogP contribution in [-0.4, -0.2) is 59.0 Å². The maximum Gasteiger partial charge on any atom is 0.408 e. The summed E-state index contributed by atoms with van der Waals surface area (Å²) in [5.74, 6) is -1.87. The minimum Gasteiger partial charge on any atom is -0.480 e. The molecule has 10 heteroatoms. The average molecular weight is 480 g/mol. The minimum atomic E-state index is -1.22. The van der Waals surface area contributed by atoms with Crippen molar-refractivity contribution in [2.75, 3.05) is 6.54 Å². The molecule has 0 aliphatic rings. The van der Waals surface area contributed by atoms with Crippen LogP contribution in [0.25, 0.3) is 0 Å². The zero-order valence-corrected chi connectivity index (χ0v) is 20.8. The van der Waals surface area contributed by atoms with Gasteiger partial charge in [0.2, 0.25) is 5.91 Å². The van der Waals surface area contributed by atoms with Crippen molar-refractivity contribution in [3.05, 3.63) is 35.9 Å². The Labute approximate surface area is 200 Å². The first kappa shape index (κ1) is 28.7. The maximum absolute atomic E-state index is 12.9. The van der Waals surface area contributed by atoms with Gasteiger partial charge in [-0.3, -0.25) is 4.79 Å². The van der Waals surface area contributed by atoms with Gasteiger partial charge >= 0.3 is 18.2 Å². The van der Waals surface area contributed by atoms with Crippen LogP contribution in [0.4, 0.5) is 9.59 Å². The number of alkyl carbamates (subject to hydrolysis) is 2. The average Bonchev–Trinajstić information content (AvgIpc) is 2.67. The van der Waals surface area contributed by atoms with E-state index < -0.39 is 47.3 Å². The molecule has 0 fully saturated rings. The van der Waals surface area contributed by atoms with E-state index in [9.17, 15) is 24.3 Å². The van der Waals surface area contributed by atoms with Crippen molar-refractivity contribution < 1.29 is 33.8 Å². The fourth-order valence-corrected chi connectivity index (χ4v) is 2.85. The third-order valence-corrected chi connectivity index (χ3v) is 4.24. The van der Waals surface area contributed by atoms with E-state index in [-0.39, 0.29) is 19.4 Å². The Morgan fingerprint density at radius 3 is 1.94 bits per heavy atom. The maximum atomic E-state index is 12.9. The Balaban J connectivity index is 2.76. The van der Waals surface area contributed by atoms with Gasteiger partial charge in [-0.25, -0.2) is 14.4 Å². The molecule has 0 aliphatic carbocycles. The molecule has 0 radical (unpaired) electrons. The number of rotatable bonds is 10. The monoisotopic (exact) mass is 479 g/mol. The highest BCUT2D eigenvalue weighted by Crippen LogP contribution is 2.10. The number of aliphatic carboxylic acids is 1. The van der Waals surface area contributed by atoms with Gasteiger partial charge in [0.15, 0.2) is 0 Å². The highest BCUT2D eigenvalue weighted by molar-refractivity contribution is 5.89. The topological polar surface area (TPSA) is 143 Å². The largest absolute Gasteiger partial charge is 0.480 e. The molecule has 0 saturated carbocycles. The smallest absolute Gasteiger partial charge is 0.408 e. The van der Waals surface area contributed by atoms with E-state index in [2.05, 4.69) is 16.0 Å². The van der Waals surface area contributed by atoms with Crippen molar-refractivity contribution in [1.29, 1.82) is 0 Å². The molecule has 4 N–H and O–H groups in total. The summed E-state index contributed by atoms with van der Waals surface area (Å²) in [6.07, 6.45) is -0.871. The van der Waals surface area contributed by atoms with Gasteiger partial charge in [-0.15, -0.1) is 0 Å². The van der Waals surface area contributed by atoms with Crippen LogP contribution in [0, 0.1) is 0 Å². The van der Waals surface area contributed by atoms with Crippen molar-refractivity contribution in [2.24, 2.45) is 0 Å². The number of amides is 3. The van der Waals surface area contributed by atoms with E-state index in [0.29, 0.717) is 6.42 Å². The summed E-state index contributed by atoms with van der Waals surface area (Å²) in [5, 5.41) is 17.1. The van der Waals surface area contributed by atoms with Gasteiger partial charge in [-0.05, 0) is 59.9 Å². The van der Waals surface area contributed by atoms with Gasteiger partial charge in [0, 0.05) is 13.0 Å². The van der Waals surface area contributed by atoms with Crippen LogP contribution in [0.5, 0.6) is 0 Å². The number of carbonyl (C=O) groups excluding carboxylic acids is 3. The number of hydrogen-bond acceptors (Lipinski definition) is 6. The molecule has 0 bridgehead atoms. The highest BCUT2D eigenvalue weighted by atomic mass is 16.6. The van der Waals surface area contributed by atoms with Crippen molar-refractivity contribution in [1.82, 2.24) is 16.0 Å². The van der Waals surface area contributed by atoms with Crippen LogP contribution >= 0.6 is 0 Å². The third kappa shape index (κ3) is 12.7. The summed E-state index contributed by atoms with van der Waals surface area (Å²) in [4.78, 5) is 48.6. The zero-order chi connectivity index (χ0) is 25.9. The summed E-state index contributed by atoms with van der Waals surface area (Å²) < 4.78 is 10.4. The predicted octanol–water partition coefficient (Wildman–Crippen LogP) is 3.00. The van der Waals surface area contributed by atoms with Gasteiger partial charge in [-0.1, -0.05) is 30.3 Å². The lowest BCUT2D eigenvalue weighted by Crippen LogP contribution is -2.53. The molecule has 0 saturated heterocycles. The number of carbonyl (C=O) groups is 4. The van der Waals surface area contributed by atoms with E-state index in [1.165, 1.54) is 0 Å². The zero-order valence-electron chi connectivity index (χ0n) is 20.8. The van der Waals surface area contributed by atoms with Crippen LogP contribution in [0.3, 0.4) is 0 Å². The molecule has 0 unspecified atom stereocenters. The minimum absolute atomic E-state index is 0.0708. The van der Waals surface area contributed by atoms with E-state index in [0.717, 1.165) is 5.56 Å². The summed E-state index contributed by atoms with van der Waals surface area (Å²) in [5.41, 5.74) is -0.619. The quantitative estimate of drug-likeness (QED) is 0.378. The molecule has 0 spiro atoms. The van der Waals surface area contributed by atoms with Gasteiger partial charge in [0.05, 0.1) is 0 Å². The third-order valence-electron chi connectivity index (χ3n) is 4.24. The van der Waals surface area contributed by atoms with Crippen molar-refractivity contribution in [3.63, 3.8) is 0 Å². The standard InChI is InChI=1S/C24H37N3O7/c1-23(2,3)33-21(31)25-14-10-13-17(20(29)30)26-19(28)18(15-16-11-8-7-9-12-16)27-22(32)34-24(4,5)6/h7-9,11-12,17-18H,10,13-15H2,1-6H3,(H,25,31)(H,26,28)(H,27,32)(H,29,30)/t17-,18-/m0/s1. The lowest BCUT2D eigenvalue weighted by atomic mass is 10.0. The second kappa shape index (κ2) is 12.8. The van der Waals surface area contributed by atoms with Crippen LogP contribution in [0.1, 0.15) is 59.9 Å². The molecule has 1 aromatic rings. The number of benzene rings is 1. The first-order valence-corrected chi connectivity index (χ1v) is 11.2. The molecule has 0 heterocycles. The van der Waals surface area contributed by atoms with Crippen LogP contribution in [0.2, 0.25) is 0 Å². The van der Waals surface area contributed by atoms with E-state index in [4.69, 9.17) is 9.47 Å². The summed E-state index contributed by atoms with van der Waals surface area (Å²) >= 11 is 0. The summed E-state index contributed by atoms with van der Waals surface area (Å²) in [7, 11) is 0. The second-order valence-corrected chi connectivity index (χ2v) is 9.86. The molecule has 1 aromatic carbocycles. The van der Waals surface area contributed by atoms with E-state index >= 15 is 0 Å². The lowest BCUT2D eigenvalue weighted by Gasteiger charge is -2.24. The lowest BCUT2D eigenvalue weighted by molar-refractivity contribution is -0.142. The second-order valence-electron chi connectivity index (χ2n) is 9.86. The summed E-state index contributed by atoms with van der Waals surface area (Å²) in [6, 6.07) is 6.78. The molecule has 10 nitrogen and oxygen atoms in total. The Hall–Kier alpha value is -3.30. The molecular weight excluding hydrogens is 442 g/mol. The van der Waals surface area contributed by atoms with E-state index in [1.54, 1.807) is 65.8 Å². The SMILES string of the molecule is CC(C)(C)OC(=O)NCCC[C@H](NC(=O)[C@H](Cc1ccccc1)NC(=O)OC(C)(C)C)C(=O)O. The predicted molar refractivity (Wildman–Crippen MR) is 126 cm³/mol. The molecular formula is C24H37N3O7. The van der Waals surface area contributed by atoms with Crippen LogP contribution in [-0.2, 0) is 25.5 Å².